The molecule has 6 nitrogen and oxygen atoms in total. The zero-order valence-electron chi connectivity index (χ0n) is 20.5. The highest BCUT2D eigenvalue weighted by Gasteiger charge is 2.43. The monoisotopic (exact) mass is 566 g/mol. The third-order valence-corrected chi connectivity index (χ3v) is 8.72. The molecular formula is C27H23F5N2O4S. The number of anilines is 1. The van der Waals surface area contributed by atoms with Crippen molar-refractivity contribution in [3.8, 4) is 16.9 Å². The van der Waals surface area contributed by atoms with Crippen LogP contribution in [0.1, 0.15) is 25.3 Å². The summed E-state index contributed by atoms with van der Waals surface area (Å²) in [5.41, 5.74) is -1.09. The molecule has 5 rings (SSSR count). The van der Waals surface area contributed by atoms with E-state index in [2.05, 4.69) is 5.32 Å². The van der Waals surface area contributed by atoms with Crippen molar-refractivity contribution >= 4 is 21.6 Å². The smallest absolute Gasteiger partial charge is 0.416 e. The number of hydrogen-bond donors (Lipinski definition) is 1. The number of halogens is 5. The molecule has 2 aliphatic rings. The van der Waals surface area contributed by atoms with Crippen LogP contribution in [0.15, 0.2) is 65.6 Å². The number of benzene rings is 3. The second-order valence-electron chi connectivity index (χ2n) is 9.65. The van der Waals surface area contributed by atoms with Crippen LogP contribution in [-0.4, -0.2) is 33.0 Å². The van der Waals surface area contributed by atoms with Gasteiger partial charge in [-0.15, -0.1) is 0 Å². The highest BCUT2D eigenvalue weighted by Crippen LogP contribution is 2.44. The highest BCUT2D eigenvalue weighted by molar-refractivity contribution is 7.92. The molecule has 12 heteroatoms. The standard InChI is InChI=1S/C27H23F5N2O4S/c1-15(35)33-20-9-17(10-20)26-14-34(39(36,37)21-4-2-3-18(12-21)27(30,31)32)24-11-16(5-8-25(24)38-26)22-13-19(28)6-7-23(22)29/h2-8,11-13,17,20,26H,9-10,14H2,1H3,(H,33,35)/t17-,20-,26-/m1/s1. The summed E-state index contributed by atoms with van der Waals surface area (Å²) in [6.45, 7) is 1.17. The number of carbonyl (C=O) groups excluding carboxylic acids is 1. The number of ether oxygens (including phenoxy) is 1. The van der Waals surface area contributed by atoms with E-state index in [4.69, 9.17) is 4.74 Å². The van der Waals surface area contributed by atoms with Gasteiger partial charge in [-0.25, -0.2) is 17.2 Å². The zero-order chi connectivity index (χ0) is 28.1. The van der Waals surface area contributed by atoms with Gasteiger partial charge in [0.05, 0.1) is 22.7 Å². The number of nitrogens with one attached hydrogen (secondary N) is 1. The average Bonchev–Trinajstić information content (AvgIpc) is 2.86. The maximum Gasteiger partial charge on any atom is 0.416 e. The molecule has 1 saturated carbocycles. The predicted octanol–water partition coefficient (Wildman–Crippen LogP) is 5.52. The van der Waals surface area contributed by atoms with Crippen LogP contribution in [0, 0.1) is 17.6 Å². The van der Waals surface area contributed by atoms with Crippen molar-refractivity contribution in [3.63, 3.8) is 0 Å². The van der Waals surface area contributed by atoms with Gasteiger partial charge in [0.2, 0.25) is 5.91 Å². The second-order valence-corrected chi connectivity index (χ2v) is 11.5. The Bertz CT molecular complexity index is 1540. The topological polar surface area (TPSA) is 75.7 Å². The average molecular weight is 567 g/mol. The molecule has 1 fully saturated rings. The van der Waals surface area contributed by atoms with Crippen LogP contribution in [0.5, 0.6) is 5.75 Å². The molecule has 3 aromatic rings. The summed E-state index contributed by atoms with van der Waals surface area (Å²) in [4.78, 5) is 10.8. The SMILES string of the molecule is CC(=O)N[C@H]1C[C@H]([C@H]2CN(S(=O)(=O)c3cccc(C(F)(F)F)c3)c3cc(-c4cc(F)ccc4F)ccc3O2)C1. The maximum absolute atomic E-state index is 14.5. The molecular weight excluding hydrogens is 543 g/mol. The molecule has 3 aromatic carbocycles. The molecule has 1 aliphatic heterocycles. The van der Waals surface area contributed by atoms with Crippen LogP contribution < -0.4 is 14.4 Å². The summed E-state index contributed by atoms with van der Waals surface area (Å²) in [7, 11) is -4.54. The number of nitrogens with zero attached hydrogens (tertiary/aromatic N) is 1. The summed E-state index contributed by atoms with van der Waals surface area (Å²) in [5.74, 6) is -1.64. The fourth-order valence-corrected chi connectivity index (χ4v) is 6.49. The molecule has 206 valence electrons. The zero-order valence-corrected chi connectivity index (χ0v) is 21.3. The minimum Gasteiger partial charge on any atom is -0.486 e. The number of rotatable bonds is 5. The van der Waals surface area contributed by atoms with Crippen molar-refractivity contribution in [2.45, 2.75) is 43.0 Å². The molecule has 1 N–H and O–H groups in total. The number of hydrogen-bond acceptors (Lipinski definition) is 4. The summed E-state index contributed by atoms with van der Waals surface area (Å²) in [5, 5.41) is 2.79. The number of fused-ring (bicyclic) bond motifs is 1. The van der Waals surface area contributed by atoms with Gasteiger partial charge in [-0.1, -0.05) is 12.1 Å². The number of alkyl halides is 3. The molecule has 0 bridgehead atoms. The van der Waals surface area contributed by atoms with E-state index in [1.807, 2.05) is 0 Å². The van der Waals surface area contributed by atoms with Crippen LogP contribution in [0.3, 0.4) is 0 Å². The molecule has 0 spiro atoms. The van der Waals surface area contributed by atoms with Gasteiger partial charge in [0.15, 0.2) is 0 Å². The first-order valence-electron chi connectivity index (χ1n) is 12.1. The van der Waals surface area contributed by atoms with Crippen molar-refractivity contribution in [1.82, 2.24) is 5.32 Å². The maximum atomic E-state index is 14.5. The lowest BCUT2D eigenvalue weighted by molar-refractivity contribution is -0.137. The van der Waals surface area contributed by atoms with E-state index in [1.165, 1.54) is 25.1 Å². The summed E-state index contributed by atoms with van der Waals surface area (Å²) < 4.78 is 103. The van der Waals surface area contributed by atoms with Crippen molar-refractivity contribution < 1.29 is 39.9 Å². The summed E-state index contributed by atoms with van der Waals surface area (Å²) in [6, 6.07) is 10.4. The molecule has 0 unspecified atom stereocenters. The van der Waals surface area contributed by atoms with E-state index < -0.39 is 44.4 Å². The Hall–Kier alpha value is -3.67. The Morgan fingerprint density at radius 2 is 1.77 bits per heavy atom. The van der Waals surface area contributed by atoms with Crippen molar-refractivity contribution in [3.05, 3.63) is 77.9 Å². The highest BCUT2D eigenvalue weighted by atomic mass is 32.2. The first-order chi connectivity index (χ1) is 18.3. The lowest BCUT2D eigenvalue weighted by Gasteiger charge is -2.44. The van der Waals surface area contributed by atoms with Gasteiger partial charge in [0, 0.05) is 24.4 Å². The van der Waals surface area contributed by atoms with Crippen LogP contribution in [0.2, 0.25) is 0 Å². The predicted molar refractivity (Wildman–Crippen MR) is 133 cm³/mol. The second kappa shape index (κ2) is 9.82. The number of amides is 1. The molecule has 1 aliphatic carbocycles. The van der Waals surface area contributed by atoms with Gasteiger partial charge < -0.3 is 10.1 Å². The summed E-state index contributed by atoms with van der Waals surface area (Å²) >= 11 is 0. The summed E-state index contributed by atoms with van der Waals surface area (Å²) in [6.07, 6.45) is -4.35. The van der Waals surface area contributed by atoms with Gasteiger partial charge in [0.25, 0.3) is 10.0 Å². The quantitative estimate of drug-likeness (QED) is 0.413. The molecule has 0 saturated heterocycles. The lowest BCUT2D eigenvalue weighted by Crippen LogP contribution is -2.54. The van der Waals surface area contributed by atoms with Crippen LogP contribution in [0.25, 0.3) is 11.1 Å². The van der Waals surface area contributed by atoms with Gasteiger partial charge in [-0.05, 0) is 66.9 Å². The Labute approximate surface area is 221 Å². The van der Waals surface area contributed by atoms with Gasteiger partial charge in [0.1, 0.15) is 23.5 Å². The molecule has 1 amide bonds. The molecule has 1 atom stereocenters. The van der Waals surface area contributed by atoms with Crippen molar-refractivity contribution in [2.24, 2.45) is 5.92 Å². The third kappa shape index (κ3) is 5.29. The van der Waals surface area contributed by atoms with Crippen LogP contribution >= 0.6 is 0 Å². The largest absolute Gasteiger partial charge is 0.486 e. The third-order valence-electron chi connectivity index (χ3n) is 6.95. The molecule has 0 aromatic heterocycles. The van der Waals surface area contributed by atoms with E-state index in [1.54, 1.807) is 0 Å². The lowest BCUT2D eigenvalue weighted by atomic mass is 9.76. The molecule has 1 heterocycles. The number of carbonyl (C=O) groups is 1. The van der Waals surface area contributed by atoms with E-state index in [0.717, 1.165) is 40.7 Å². The first kappa shape index (κ1) is 26.9. The van der Waals surface area contributed by atoms with Gasteiger partial charge >= 0.3 is 6.18 Å². The van der Waals surface area contributed by atoms with Crippen molar-refractivity contribution in [1.29, 1.82) is 0 Å². The Kier molecular flexibility index (Phi) is 6.78. The van der Waals surface area contributed by atoms with Crippen LogP contribution in [-0.2, 0) is 21.0 Å². The van der Waals surface area contributed by atoms with Gasteiger partial charge in [-0.2, -0.15) is 13.2 Å². The van der Waals surface area contributed by atoms with E-state index in [9.17, 15) is 35.2 Å². The van der Waals surface area contributed by atoms with E-state index >= 15 is 0 Å². The Morgan fingerprint density at radius 1 is 1.03 bits per heavy atom. The van der Waals surface area contributed by atoms with E-state index in [-0.39, 0.29) is 47.0 Å². The molecule has 0 radical (unpaired) electrons. The number of sulfonamides is 1. The van der Waals surface area contributed by atoms with Crippen molar-refractivity contribution in [2.75, 3.05) is 10.8 Å². The normalized spacial score (nSPS) is 21.0. The fraction of sp³-hybridized carbons (Fsp3) is 0.296. The Balaban J connectivity index is 1.56. The minimum absolute atomic E-state index is 0.0115. The van der Waals surface area contributed by atoms with Crippen LogP contribution in [0.4, 0.5) is 27.6 Å². The Morgan fingerprint density at radius 3 is 2.46 bits per heavy atom. The first-order valence-corrected chi connectivity index (χ1v) is 13.5. The minimum atomic E-state index is -4.76. The van der Waals surface area contributed by atoms with E-state index in [0.29, 0.717) is 18.9 Å². The molecule has 39 heavy (non-hydrogen) atoms. The fourth-order valence-electron chi connectivity index (χ4n) is 4.96. The van der Waals surface area contributed by atoms with Gasteiger partial charge in [-0.3, -0.25) is 9.10 Å².